The van der Waals surface area contributed by atoms with Crippen LogP contribution >= 0.6 is 0 Å². The van der Waals surface area contributed by atoms with Crippen LogP contribution in [0.5, 0.6) is 5.75 Å². The molecule has 3 nitrogen and oxygen atoms in total. The molecule has 0 unspecified atom stereocenters. The molecule has 3 heteroatoms. The van der Waals surface area contributed by atoms with Crippen LogP contribution in [0.15, 0.2) is 18.2 Å². The normalized spacial score (nSPS) is 22.4. The van der Waals surface area contributed by atoms with E-state index in [0.29, 0.717) is 5.75 Å². The van der Waals surface area contributed by atoms with E-state index in [2.05, 4.69) is 16.7 Å². The number of phenolic OH excluding ortho intramolecular Hbond substituents is 1. The smallest absolute Gasteiger partial charge is 0.138 e. The van der Waals surface area contributed by atoms with E-state index in [0.717, 1.165) is 38.2 Å². The molecule has 1 aromatic carbocycles. The van der Waals surface area contributed by atoms with Gasteiger partial charge in [0.25, 0.3) is 0 Å². The molecule has 2 aliphatic heterocycles. The van der Waals surface area contributed by atoms with Crippen molar-refractivity contribution in [3.05, 3.63) is 23.8 Å². The molecule has 0 amide bonds. The van der Waals surface area contributed by atoms with E-state index in [-0.39, 0.29) is 5.41 Å². The number of hydrogen-bond donors (Lipinski definition) is 3. The molecule has 0 bridgehead atoms. The summed E-state index contributed by atoms with van der Waals surface area (Å²) in [4.78, 5) is 0. The van der Waals surface area contributed by atoms with Crippen molar-refractivity contribution in [1.82, 2.24) is 5.32 Å². The second-order valence-corrected chi connectivity index (χ2v) is 4.58. The van der Waals surface area contributed by atoms with Crippen molar-refractivity contribution in [2.75, 3.05) is 25.0 Å². The van der Waals surface area contributed by atoms with Crippen molar-refractivity contribution in [2.45, 2.75) is 18.3 Å². The van der Waals surface area contributed by atoms with E-state index in [4.69, 9.17) is 0 Å². The lowest BCUT2D eigenvalue weighted by Gasteiger charge is -2.33. The Kier molecular flexibility index (Phi) is 1.89. The number of anilines is 1. The highest BCUT2D eigenvalue weighted by molar-refractivity contribution is 5.68. The maximum atomic E-state index is 9.77. The Bertz CT molecular complexity index is 383. The second-order valence-electron chi connectivity index (χ2n) is 4.58. The van der Waals surface area contributed by atoms with Crippen LogP contribution in [0.3, 0.4) is 0 Å². The van der Waals surface area contributed by atoms with E-state index in [1.165, 1.54) is 5.56 Å². The standard InChI is InChI=1S/C12H16N2O/c15-10-3-1-2-9-11(10)14-8-12(9)4-6-13-7-5-12/h1-3,13-15H,4-8H2. The van der Waals surface area contributed by atoms with Gasteiger partial charge in [-0.05, 0) is 37.6 Å². The molecule has 0 aliphatic carbocycles. The van der Waals surface area contributed by atoms with Crippen molar-refractivity contribution in [3.63, 3.8) is 0 Å². The molecule has 3 rings (SSSR count). The summed E-state index contributed by atoms with van der Waals surface area (Å²) < 4.78 is 0. The fourth-order valence-electron chi connectivity index (χ4n) is 2.87. The van der Waals surface area contributed by atoms with Crippen LogP contribution in [0.2, 0.25) is 0 Å². The predicted molar refractivity (Wildman–Crippen MR) is 60.4 cm³/mol. The van der Waals surface area contributed by atoms with Gasteiger partial charge in [0.1, 0.15) is 5.75 Å². The highest BCUT2D eigenvalue weighted by Gasteiger charge is 2.40. The Morgan fingerprint density at radius 1 is 1.20 bits per heavy atom. The molecule has 15 heavy (non-hydrogen) atoms. The van der Waals surface area contributed by atoms with Gasteiger partial charge in [-0.1, -0.05) is 12.1 Å². The number of aromatic hydroxyl groups is 1. The molecule has 1 aromatic rings. The zero-order valence-corrected chi connectivity index (χ0v) is 8.71. The average Bonchev–Trinajstić information content (AvgIpc) is 2.61. The average molecular weight is 204 g/mol. The highest BCUT2D eigenvalue weighted by atomic mass is 16.3. The van der Waals surface area contributed by atoms with Gasteiger partial charge in [0.15, 0.2) is 0 Å². The largest absolute Gasteiger partial charge is 0.506 e. The zero-order chi connectivity index (χ0) is 10.3. The van der Waals surface area contributed by atoms with Crippen LogP contribution in [0, 0.1) is 0 Å². The number of benzene rings is 1. The van der Waals surface area contributed by atoms with Crippen molar-refractivity contribution >= 4 is 5.69 Å². The summed E-state index contributed by atoms with van der Waals surface area (Å²) in [5.41, 5.74) is 2.53. The first kappa shape index (κ1) is 9.04. The fourth-order valence-corrected chi connectivity index (χ4v) is 2.87. The molecule has 1 saturated heterocycles. The minimum absolute atomic E-state index is 0.263. The predicted octanol–water partition coefficient (Wildman–Crippen LogP) is 1.44. The zero-order valence-electron chi connectivity index (χ0n) is 8.71. The highest BCUT2D eigenvalue weighted by Crippen LogP contribution is 2.46. The van der Waals surface area contributed by atoms with Crippen LogP contribution in [-0.4, -0.2) is 24.7 Å². The molecular weight excluding hydrogens is 188 g/mol. The Morgan fingerprint density at radius 2 is 2.00 bits per heavy atom. The van der Waals surface area contributed by atoms with E-state index >= 15 is 0 Å². The number of nitrogens with one attached hydrogen (secondary N) is 2. The first-order chi connectivity index (χ1) is 7.32. The van der Waals surface area contributed by atoms with E-state index < -0.39 is 0 Å². The Balaban J connectivity index is 2.06. The molecule has 80 valence electrons. The topological polar surface area (TPSA) is 44.3 Å². The molecule has 0 saturated carbocycles. The van der Waals surface area contributed by atoms with Gasteiger partial charge in [0.2, 0.25) is 0 Å². The van der Waals surface area contributed by atoms with Gasteiger partial charge < -0.3 is 15.7 Å². The summed E-state index contributed by atoms with van der Waals surface area (Å²) in [5, 5.41) is 16.5. The van der Waals surface area contributed by atoms with Gasteiger partial charge in [-0.3, -0.25) is 0 Å². The summed E-state index contributed by atoms with van der Waals surface area (Å²) in [6.07, 6.45) is 2.33. The van der Waals surface area contributed by atoms with Crippen molar-refractivity contribution < 1.29 is 5.11 Å². The number of phenols is 1. The van der Waals surface area contributed by atoms with Gasteiger partial charge in [0, 0.05) is 12.0 Å². The Hall–Kier alpha value is -1.22. The van der Waals surface area contributed by atoms with Crippen LogP contribution in [0.4, 0.5) is 5.69 Å². The molecule has 2 aliphatic rings. The summed E-state index contributed by atoms with van der Waals surface area (Å²) in [6.45, 7) is 3.13. The lowest BCUT2D eigenvalue weighted by molar-refractivity contribution is 0.335. The lowest BCUT2D eigenvalue weighted by atomic mass is 9.75. The molecule has 2 heterocycles. The molecule has 1 spiro atoms. The van der Waals surface area contributed by atoms with E-state index in [1.54, 1.807) is 6.07 Å². The minimum atomic E-state index is 0.263. The molecular formula is C12H16N2O. The van der Waals surface area contributed by atoms with E-state index in [9.17, 15) is 5.11 Å². The minimum Gasteiger partial charge on any atom is -0.506 e. The summed E-state index contributed by atoms with van der Waals surface area (Å²) in [7, 11) is 0. The van der Waals surface area contributed by atoms with Crippen LogP contribution in [0.25, 0.3) is 0 Å². The number of fused-ring (bicyclic) bond motifs is 2. The molecule has 0 radical (unpaired) electrons. The van der Waals surface area contributed by atoms with Crippen LogP contribution in [0.1, 0.15) is 18.4 Å². The van der Waals surface area contributed by atoms with E-state index in [1.807, 2.05) is 6.07 Å². The molecule has 0 aromatic heterocycles. The van der Waals surface area contributed by atoms with Gasteiger partial charge in [-0.25, -0.2) is 0 Å². The van der Waals surface area contributed by atoms with Gasteiger partial charge in [-0.15, -0.1) is 0 Å². The third kappa shape index (κ3) is 1.23. The summed E-state index contributed by atoms with van der Waals surface area (Å²) >= 11 is 0. The van der Waals surface area contributed by atoms with Crippen molar-refractivity contribution in [2.24, 2.45) is 0 Å². The van der Waals surface area contributed by atoms with Crippen LogP contribution < -0.4 is 10.6 Å². The maximum Gasteiger partial charge on any atom is 0.138 e. The number of para-hydroxylation sites is 1. The lowest BCUT2D eigenvalue weighted by Crippen LogP contribution is -2.41. The van der Waals surface area contributed by atoms with Gasteiger partial charge >= 0.3 is 0 Å². The quantitative estimate of drug-likeness (QED) is 0.560. The number of piperidine rings is 1. The molecule has 3 N–H and O–H groups in total. The SMILES string of the molecule is Oc1cccc2c1NCC21CCNCC1. The van der Waals surface area contributed by atoms with Crippen LogP contribution in [-0.2, 0) is 5.41 Å². The Morgan fingerprint density at radius 3 is 2.80 bits per heavy atom. The maximum absolute atomic E-state index is 9.77. The van der Waals surface area contributed by atoms with Crippen molar-refractivity contribution in [1.29, 1.82) is 0 Å². The Labute approximate surface area is 89.5 Å². The molecule has 1 fully saturated rings. The fraction of sp³-hybridized carbons (Fsp3) is 0.500. The second kappa shape index (κ2) is 3.14. The van der Waals surface area contributed by atoms with Gasteiger partial charge in [0.05, 0.1) is 5.69 Å². The monoisotopic (exact) mass is 204 g/mol. The number of rotatable bonds is 0. The first-order valence-electron chi connectivity index (χ1n) is 5.59. The summed E-state index contributed by atoms with van der Waals surface area (Å²) in [6, 6.07) is 5.86. The first-order valence-corrected chi connectivity index (χ1v) is 5.59. The number of hydrogen-bond acceptors (Lipinski definition) is 3. The van der Waals surface area contributed by atoms with Crippen molar-refractivity contribution in [3.8, 4) is 5.75 Å². The third-order valence-corrected chi connectivity index (χ3v) is 3.78. The molecule has 0 atom stereocenters. The van der Waals surface area contributed by atoms with Gasteiger partial charge in [-0.2, -0.15) is 0 Å². The summed E-state index contributed by atoms with van der Waals surface area (Å²) in [5.74, 6) is 0.392. The third-order valence-electron chi connectivity index (χ3n) is 3.78.